The lowest BCUT2D eigenvalue weighted by atomic mass is 10.2. The monoisotopic (exact) mass is 306 g/mol. The van der Waals surface area contributed by atoms with Crippen molar-refractivity contribution in [2.24, 2.45) is 0 Å². The summed E-state index contributed by atoms with van der Waals surface area (Å²) in [5.41, 5.74) is 0.732. The molecule has 6 nitrogen and oxygen atoms in total. The maximum Gasteiger partial charge on any atom is 0.271 e. The molecule has 0 aliphatic heterocycles. The number of nitro groups is 1. The molecule has 1 aromatic carbocycles. The Labute approximate surface area is 125 Å². The SMILES string of the molecule is COc1ccc([N+](=O)[O-])cc1NC(=O)c1cc(C)sc1C. The van der Waals surface area contributed by atoms with Crippen LogP contribution >= 0.6 is 11.3 Å². The van der Waals surface area contributed by atoms with Crippen LogP contribution in [0.25, 0.3) is 0 Å². The predicted molar refractivity (Wildman–Crippen MR) is 81.4 cm³/mol. The maximum atomic E-state index is 12.3. The van der Waals surface area contributed by atoms with Crippen LogP contribution in [0.4, 0.5) is 11.4 Å². The molecule has 0 saturated heterocycles. The number of amides is 1. The van der Waals surface area contributed by atoms with Crippen LogP contribution in [0.2, 0.25) is 0 Å². The summed E-state index contributed by atoms with van der Waals surface area (Å²) < 4.78 is 5.12. The number of carbonyl (C=O) groups is 1. The van der Waals surface area contributed by atoms with Gasteiger partial charge in [0.1, 0.15) is 5.75 Å². The number of rotatable bonds is 4. The summed E-state index contributed by atoms with van der Waals surface area (Å²) in [5, 5.41) is 13.5. The van der Waals surface area contributed by atoms with E-state index >= 15 is 0 Å². The van der Waals surface area contributed by atoms with Gasteiger partial charge in [-0.15, -0.1) is 11.3 Å². The Morgan fingerprint density at radius 2 is 2.05 bits per heavy atom. The van der Waals surface area contributed by atoms with E-state index in [1.807, 2.05) is 13.8 Å². The number of anilines is 1. The van der Waals surface area contributed by atoms with Crippen LogP contribution in [-0.4, -0.2) is 17.9 Å². The molecule has 0 atom stereocenters. The first kappa shape index (κ1) is 15.0. The van der Waals surface area contributed by atoms with E-state index in [1.54, 1.807) is 6.07 Å². The van der Waals surface area contributed by atoms with Gasteiger partial charge in [-0.25, -0.2) is 0 Å². The molecule has 110 valence electrons. The van der Waals surface area contributed by atoms with Crippen LogP contribution in [0, 0.1) is 24.0 Å². The molecule has 1 N–H and O–H groups in total. The third kappa shape index (κ3) is 3.19. The van der Waals surface area contributed by atoms with Gasteiger partial charge < -0.3 is 10.1 Å². The molecule has 0 unspecified atom stereocenters. The Bertz CT molecular complexity index is 709. The van der Waals surface area contributed by atoms with Crippen molar-refractivity contribution in [3.05, 3.63) is 49.7 Å². The predicted octanol–water partition coefficient (Wildman–Crippen LogP) is 3.53. The van der Waals surface area contributed by atoms with Gasteiger partial charge in [0.25, 0.3) is 11.6 Å². The van der Waals surface area contributed by atoms with Gasteiger partial charge in [0, 0.05) is 21.9 Å². The van der Waals surface area contributed by atoms with Gasteiger partial charge in [-0.1, -0.05) is 0 Å². The zero-order valence-corrected chi connectivity index (χ0v) is 12.6. The molecule has 1 amide bonds. The highest BCUT2D eigenvalue weighted by molar-refractivity contribution is 7.12. The lowest BCUT2D eigenvalue weighted by Crippen LogP contribution is -2.13. The first-order valence-electron chi connectivity index (χ1n) is 6.13. The van der Waals surface area contributed by atoms with Crippen molar-refractivity contribution in [3.8, 4) is 5.75 Å². The topological polar surface area (TPSA) is 81.5 Å². The fourth-order valence-corrected chi connectivity index (χ4v) is 2.87. The number of non-ortho nitro benzene ring substituents is 1. The average Bonchev–Trinajstić information content (AvgIpc) is 2.77. The molecule has 0 spiro atoms. The number of hydrogen-bond donors (Lipinski definition) is 1. The number of ether oxygens (including phenoxy) is 1. The number of carbonyl (C=O) groups excluding carboxylic acids is 1. The summed E-state index contributed by atoms with van der Waals surface area (Å²) in [7, 11) is 1.44. The highest BCUT2D eigenvalue weighted by atomic mass is 32.1. The molecule has 0 saturated carbocycles. The highest BCUT2D eigenvalue weighted by Crippen LogP contribution is 2.30. The van der Waals surface area contributed by atoms with Crippen molar-refractivity contribution in [2.45, 2.75) is 13.8 Å². The second-order valence-corrected chi connectivity index (χ2v) is 5.88. The summed E-state index contributed by atoms with van der Waals surface area (Å²) in [5.74, 6) is 0.0641. The van der Waals surface area contributed by atoms with Crippen molar-refractivity contribution in [2.75, 3.05) is 12.4 Å². The fourth-order valence-electron chi connectivity index (χ4n) is 1.95. The summed E-state index contributed by atoms with van der Waals surface area (Å²) in [6.07, 6.45) is 0. The molecule has 21 heavy (non-hydrogen) atoms. The molecule has 0 bridgehead atoms. The Kier molecular flexibility index (Phi) is 4.23. The molecular weight excluding hydrogens is 292 g/mol. The number of methoxy groups -OCH3 is 1. The van der Waals surface area contributed by atoms with Gasteiger partial charge >= 0.3 is 0 Å². The Morgan fingerprint density at radius 1 is 1.33 bits per heavy atom. The van der Waals surface area contributed by atoms with E-state index in [2.05, 4.69) is 5.32 Å². The van der Waals surface area contributed by atoms with Gasteiger partial charge in [-0.3, -0.25) is 14.9 Å². The highest BCUT2D eigenvalue weighted by Gasteiger charge is 2.17. The molecule has 0 radical (unpaired) electrons. The zero-order chi connectivity index (χ0) is 15.6. The number of benzene rings is 1. The molecular formula is C14H14N2O4S. The summed E-state index contributed by atoms with van der Waals surface area (Å²) >= 11 is 1.53. The quantitative estimate of drug-likeness (QED) is 0.692. The number of nitrogens with one attached hydrogen (secondary N) is 1. The van der Waals surface area contributed by atoms with E-state index in [-0.39, 0.29) is 17.3 Å². The zero-order valence-electron chi connectivity index (χ0n) is 11.8. The van der Waals surface area contributed by atoms with Crippen molar-refractivity contribution < 1.29 is 14.5 Å². The second kappa shape index (κ2) is 5.92. The number of thiophene rings is 1. The standard InChI is InChI=1S/C14H14N2O4S/c1-8-6-11(9(2)21-8)14(17)15-12-7-10(16(18)19)4-5-13(12)20-3/h4-7H,1-3H3,(H,15,17). The Morgan fingerprint density at radius 3 is 2.57 bits per heavy atom. The van der Waals surface area contributed by atoms with E-state index in [0.29, 0.717) is 11.3 Å². The third-order valence-corrected chi connectivity index (χ3v) is 3.89. The summed E-state index contributed by atoms with van der Waals surface area (Å²) in [6.45, 7) is 3.78. The normalized spacial score (nSPS) is 10.2. The Balaban J connectivity index is 2.33. The molecule has 0 fully saturated rings. The smallest absolute Gasteiger partial charge is 0.271 e. The van der Waals surface area contributed by atoms with Crippen molar-refractivity contribution in [1.82, 2.24) is 0 Å². The van der Waals surface area contributed by atoms with Gasteiger partial charge in [-0.2, -0.15) is 0 Å². The fraction of sp³-hybridized carbons (Fsp3) is 0.214. The van der Waals surface area contributed by atoms with Crippen LogP contribution < -0.4 is 10.1 Å². The van der Waals surface area contributed by atoms with E-state index in [9.17, 15) is 14.9 Å². The number of aryl methyl sites for hydroxylation is 2. The van der Waals surface area contributed by atoms with E-state index in [0.717, 1.165) is 9.75 Å². The molecule has 2 rings (SSSR count). The first-order chi connectivity index (χ1) is 9.92. The molecule has 0 aliphatic rings. The first-order valence-corrected chi connectivity index (χ1v) is 6.95. The molecule has 1 heterocycles. The minimum atomic E-state index is -0.519. The summed E-state index contributed by atoms with van der Waals surface area (Å²) in [4.78, 5) is 24.5. The van der Waals surface area contributed by atoms with E-state index in [1.165, 1.54) is 36.6 Å². The summed E-state index contributed by atoms with van der Waals surface area (Å²) in [6, 6.07) is 5.86. The molecule has 7 heteroatoms. The van der Waals surface area contributed by atoms with Gasteiger partial charge in [0.05, 0.1) is 23.3 Å². The number of nitrogens with zero attached hydrogens (tertiary/aromatic N) is 1. The van der Waals surface area contributed by atoms with Crippen LogP contribution in [-0.2, 0) is 0 Å². The Hall–Kier alpha value is -2.41. The van der Waals surface area contributed by atoms with E-state index < -0.39 is 4.92 Å². The molecule has 2 aromatic rings. The molecule has 1 aromatic heterocycles. The largest absolute Gasteiger partial charge is 0.495 e. The van der Waals surface area contributed by atoms with Crippen molar-refractivity contribution in [3.63, 3.8) is 0 Å². The molecule has 0 aliphatic carbocycles. The van der Waals surface area contributed by atoms with E-state index in [4.69, 9.17) is 4.74 Å². The van der Waals surface area contributed by atoms with Crippen LogP contribution in [0.15, 0.2) is 24.3 Å². The van der Waals surface area contributed by atoms with Crippen LogP contribution in [0.1, 0.15) is 20.1 Å². The van der Waals surface area contributed by atoms with Gasteiger partial charge in [0.2, 0.25) is 0 Å². The minimum Gasteiger partial charge on any atom is -0.495 e. The lowest BCUT2D eigenvalue weighted by molar-refractivity contribution is -0.384. The average molecular weight is 306 g/mol. The van der Waals surface area contributed by atoms with Gasteiger partial charge in [-0.05, 0) is 26.0 Å². The van der Waals surface area contributed by atoms with Crippen molar-refractivity contribution in [1.29, 1.82) is 0 Å². The van der Waals surface area contributed by atoms with Crippen LogP contribution in [0.3, 0.4) is 0 Å². The maximum absolute atomic E-state index is 12.3. The second-order valence-electron chi connectivity index (χ2n) is 4.42. The van der Waals surface area contributed by atoms with Gasteiger partial charge in [0.15, 0.2) is 0 Å². The minimum absolute atomic E-state index is 0.107. The van der Waals surface area contributed by atoms with Crippen LogP contribution in [0.5, 0.6) is 5.75 Å². The van der Waals surface area contributed by atoms with Crippen molar-refractivity contribution >= 4 is 28.6 Å². The lowest BCUT2D eigenvalue weighted by Gasteiger charge is -2.09. The number of nitro benzene ring substituents is 1. The number of hydrogen-bond acceptors (Lipinski definition) is 5. The third-order valence-electron chi connectivity index (χ3n) is 2.93.